The van der Waals surface area contributed by atoms with Crippen molar-refractivity contribution in [2.45, 2.75) is 18.9 Å². The summed E-state index contributed by atoms with van der Waals surface area (Å²) < 4.78 is 15.9. The van der Waals surface area contributed by atoms with Crippen molar-refractivity contribution >= 4 is 29.2 Å². The van der Waals surface area contributed by atoms with Gasteiger partial charge in [-0.3, -0.25) is 14.4 Å². The Morgan fingerprint density at radius 1 is 1.03 bits per heavy atom. The number of rotatable bonds is 6. The Hall–Kier alpha value is -3.55. The van der Waals surface area contributed by atoms with Gasteiger partial charge in [-0.25, -0.2) is 0 Å². The molecule has 2 amide bonds. The van der Waals surface area contributed by atoms with E-state index < -0.39 is 0 Å². The largest absolute Gasteiger partial charge is 0.497 e. The molecular formula is C24H24N2O6. The third-order valence-electron chi connectivity index (χ3n) is 6.84. The molecule has 0 aromatic heterocycles. The first-order chi connectivity index (χ1) is 15.5. The van der Waals surface area contributed by atoms with Gasteiger partial charge in [0, 0.05) is 23.2 Å². The summed E-state index contributed by atoms with van der Waals surface area (Å²) in [6.07, 6.45) is 1.62. The summed E-state index contributed by atoms with van der Waals surface area (Å²) in [4.78, 5) is 38.0. The fraction of sp³-hybridized carbons (Fsp3) is 0.375. The van der Waals surface area contributed by atoms with Gasteiger partial charge in [0.25, 0.3) is 5.91 Å². The van der Waals surface area contributed by atoms with Gasteiger partial charge in [0.05, 0.1) is 31.7 Å². The van der Waals surface area contributed by atoms with Crippen LogP contribution in [0, 0.1) is 23.7 Å². The smallest absolute Gasteiger partial charge is 0.310 e. The van der Waals surface area contributed by atoms with E-state index in [0.717, 1.165) is 12.8 Å². The van der Waals surface area contributed by atoms with Gasteiger partial charge in [0.15, 0.2) is 0 Å². The van der Waals surface area contributed by atoms with E-state index >= 15 is 0 Å². The molecule has 1 aliphatic heterocycles. The van der Waals surface area contributed by atoms with E-state index in [4.69, 9.17) is 14.2 Å². The Kier molecular flexibility index (Phi) is 5.00. The zero-order chi connectivity index (χ0) is 22.4. The summed E-state index contributed by atoms with van der Waals surface area (Å²) >= 11 is 0. The van der Waals surface area contributed by atoms with Crippen LogP contribution in [0.1, 0.15) is 23.2 Å². The van der Waals surface area contributed by atoms with Crippen LogP contribution in [0.3, 0.4) is 0 Å². The minimum atomic E-state index is -0.368. The Labute approximate surface area is 185 Å². The van der Waals surface area contributed by atoms with Crippen LogP contribution in [-0.4, -0.2) is 38.1 Å². The second-order valence-electron chi connectivity index (χ2n) is 8.51. The normalized spacial score (nSPS) is 27.1. The van der Waals surface area contributed by atoms with E-state index in [0.29, 0.717) is 28.4 Å². The summed E-state index contributed by atoms with van der Waals surface area (Å²) in [5.74, 6) is -0.0548. The first-order valence-electron chi connectivity index (χ1n) is 10.6. The number of carbonyl (C=O) groups is 3. The lowest BCUT2D eigenvalue weighted by Gasteiger charge is -2.23. The van der Waals surface area contributed by atoms with Crippen LogP contribution in [-0.2, 0) is 14.3 Å². The molecule has 2 bridgehead atoms. The molecule has 1 saturated heterocycles. The van der Waals surface area contributed by atoms with Gasteiger partial charge in [0.2, 0.25) is 5.91 Å². The first kappa shape index (κ1) is 20.4. The highest BCUT2D eigenvalue weighted by molar-refractivity contribution is 6.06. The topological polar surface area (TPSA) is 103 Å². The Bertz CT molecular complexity index is 1100. The maximum Gasteiger partial charge on any atom is 0.310 e. The van der Waals surface area contributed by atoms with Crippen LogP contribution in [0.25, 0.3) is 0 Å². The lowest BCUT2D eigenvalue weighted by Crippen LogP contribution is -2.35. The van der Waals surface area contributed by atoms with Crippen LogP contribution < -0.4 is 20.1 Å². The molecule has 2 aliphatic carbocycles. The number of fused-ring (bicyclic) bond motifs is 1. The maximum atomic E-state index is 13.0. The number of ether oxygens (including phenoxy) is 3. The second-order valence-corrected chi connectivity index (χ2v) is 8.51. The lowest BCUT2D eigenvalue weighted by atomic mass is 9.79. The molecular weight excluding hydrogens is 412 g/mol. The number of carbonyl (C=O) groups excluding carboxylic acids is 3. The van der Waals surface area contributed by atoms with Gasteiger partial charge in [-0.15, -0.1) is 0 Å². The molecule has 0 unspecified atom stereocenters. The van der Waals surface area contributed by atoms with Gasteiger partial charge < -0.3 is 24.8 Å². The minimum absolute atomic E-state index is 0.0106. The van der Waals surface area contributed by atoms with Gasteiger partial charge in [-0.1, -0.05) is 6.07 Å². The number of amides is 2. The van der Waals surface area contributed by atoms with Crippen molar-refractivity contribution in [2.24, 2.45) is 23.7 Å². The van der Waals surface area contributed by atoms with E-state index in [9.17, 15) is 14.4 Å². The second kappa shape index (κ2) is 7.85. The van der Waals surface area contributed by atoms with Crippen LogP contribution in [0.4, 0.5) is 11.4 Å². The molecule has 2 aromatic carbocycles. The predicted octanol–water partition coefficient (Wildman–Crippen LogP) is 3.09. The highest BCUT2D eigenvalue weighted by atomic mass is 16.6. The van der Waals surface area contributed by atoms with Crippen LogP contribution in [0.5, 0.6) is 11.5 Å². The zero-order valence-electron chi connectivity index (χ0n) is 17.8. The van der Waals surface area contributed by atoms with Crippen LogP contribution in [0.2, 0.25) is 0 Å². The quantitative estimate of drug-likeness (QED) is 0.675. The molecule has 1 heterocycles. The summed E-state index contributed by atoms with van der Waals surface area (Å²) in [5.41, 5.74) is 1.40. The van der Waals surface area contributed by atoms with Gasteiger partial charge in [-0.05, 0) is 49.1 Å². The van der Waals surface area contributed by atoms with Gasteiger partial charge in [0.1, 0.15) is 17.6 Å². The van der Waals surface area contributed by atoms with Crippen molar-refractivity contribution in [3.8, 4) is 11.5 Å². The van der Waals surface area contributed by atoms with E-state index in [1.807, 2.05) is 0 Å². The van der Waals surface area contributed by atoms with Crippen molar-refractivity contribution in [2.75, 3.05) is 24.9 Å². The van der Waals surface area contributed by atoms with E-state index in [2.05, 4.69) is 10.6 Å². The molecule has 8 nitrogen and oxygen atoms in total. The summed E-state index contributed by atoms with van der Waals surface area (Å²) in [7, 11) is 3.07. The Morgan fingerprint density at radius 2 is 1.88 bits per heavy atom. The molecule has 2 N–H and O–H groups in total. The van der Waals surface area contributed by atoms with Crippen molar-refractivity contribution in [3.05, 3.63) is 48.0 Å². The number of methoxy groups -OCH3 is 2. The zero-order valence-corrected chi connectivity index (χ0v) is 17.8. The minimum Gasteiger partial charge on any atom is -0.497 e. The Balaban J connectivity index is 1.29. The molecule has 2 aromatic rings. The predicted molar refractivity (Wildman–Crippen MR) is 116 cm³/mol. The molecule has 2 saturated carbocycles. The fourth-order valence-corrected chi connectivity index (χ4v) is 5.42. The Morgan fingerprint density at radius 3 is 2.66 bits per heavy atom. The molecule has 0 spiro atoms. The van der Waals surface area contributed by atoms with E-state index in [-0.39, 0.29) is 47.6 Å². The van der Waals surface area contributed by atoms with Crippen molar-refractivity contribution in [1.82, 2.24) is 0 Å². The van der Waals surface area contributed by atoms with E-state index in [1.165, 1.54) is 7.11 Å². The molecule has 8 heteroatoms. The van der Waals surface area contributed by atoms with Gasteiger partial charge in [-0.2, -0.15) is 0 Å². The van der Waals surface area contributed by atoms with Crippen LogP contribution in [0.15, 0.2) is 42.5 Å². The average Bonchev–Trinajstić information content (AvgIpc) is 3.42. The number of anilines is 2. The first-order valence-corrected chi connectivity index (χ1v) is 10.6. The molecule has 32 heavy (non-hydrogen) atoms. The number of benzene rings is 2. The lowest BCUT2D eigenvalue weighted by molar-refractivity contribution is -0.145. The summed E-state index contributed by atoms with van der Waals surface area (Å²) in [6.45, 7) is 0. The highest BCUT2D eigenvalue weighted by Crippen LogP contribution is 2.57. The molecule has 166 valence electrons. The summed E-state index contributed by atoms with van der Waals surface area (Å²) in [6, 6.07) is 11.8. The third kappa shape index (κ3) is 3.36. The number of hydrogen-bond acceptors (Lipinski definition) is 6. The standard InChI is InChI=1S/C24H24N2O6/c1-30-15-6-7-17(19(11-15)31-2)26-22(27)12-4-3-5-14(8-12)25-23(28)20-13-9-16-18(10-13)32-24(29)21(16)20/h3-8,11,13,16,18,20-21H,9-10H2,1-2H3,(H,25,28)(H,26,27)/t13-,16+,18-,20+,21+/m1/s1. The van der Waals surface area contributed by atoms with Crippen molar-refractivity contribution < 1.29 is 28.6 Å². The maximum absolute atomic E-state index is 13.0. The monoisotopic (exact) mass is 436 g/mol. The number of esters is 1. The van der Waals surface area contributed by atoms with Crippen molar-refractivity contribution in [1.29, 1.82) is 0 Å². The van der Waals surface area contributed by atoms with Gasteiger partial charge >= 0.3 is 5.97 Å². The molecule has 3 aliphatic rings. The fourth-order valence-electron chi connectivity index (χ4n) is 5.42. The van der Waals surface area contributed by atoms with E-state index in [1.54, 1.807) is 49.6 Å². The van der Waals surface area contributed by atoms with Crippen molar-refractivity contribution in [3.63, 3.8) is 0 Å². The molecule has 5 atom stereocenters. The number of hydrogen-bond donors (Lipinski definition) is 2. The number of nitrogens with one attached hydrogen (secondary N) is 2. The molecule has 5 rings (SSSR count). The van der Waals surface area contributed by atoms with Crippen LogP contribution >= 0.6 is 0 Å². The summed E-state index contributed by atoms with van der Waals surface area (Å²) in [5, 5.41) is 5.72. The molecule has 3 fully saturated rings. The highest BCUT2D eigenvalue weighted by Gasteiger charge is 2.63. The average molecular weight is 436 g/mol. The third-order valence-corrected chi connectivity index (χ3v) is 6.84. The SMILES string of the molecule is COc1ccc(NC(=O)c2cccc(NC(=O)[C@H]3[C@@H]4C[C@@H]5[C@@H]3C(=O)O[C@@H]5C4)c2)c(OC)c1. The molecule has 0 radical (unpaired) electrons.